The molecule has 2 N–H and O–H groups in total. The van der Waals surface area contributed by atoms with Crippen LogP contribution < -0.4 is 15.7 Å². The summed E-state index contributed by atoms with van der Waals surface area (Å²) in [5.74, 6) is 0.00644. The van der Waals surface area contributed by atoms with Crippen molar-refractivity contribution < 1.29 is 22.8 Å². The highest BCUT2D eigenvalue weighted by Crippen LogP contribution is 2.32. The molecule has 0 radical (unpaired) electrons. The van der Waals surface area contributed by atoms with Gasteiger partial charge in [-0.1, -0.05) is 30.3 Å². The van der Waals surface area contributed by atoms with E-state index in [0.717, 1.165) is 42.6 Å². The maximum absolute atomic E-state index is 12.8. The number of hydrogen-bond acceptors (Lipinski definition) is 8. The van der Waals surface area contributed by atoms with E-state index in [4.69, 9.17) is 4.74 Å². The van der Waals surface area contributed by atoms with E-state index in [2.05, 4.69) is 20.5 Å². The van der Waals surface area contributed by atoms with Gasteiger partial charge in [0.1, 0.15) is 23.1 Å². The van der Waals surface area contributed by atoms with E-state index >= 15 is 0 Å². The van der Waals surface area contributed by atoms with Crippen LogP contribution >= 0.6 is 0 Å². The van der Waals surface area contributed by atoms with Crippen molar-refractivity contribution in [2.24, 2.45) is 5.10 Å². The van der Waals surface area contributed by atoms with Crippen LogP contribution in [0, 0.1) is 21.4 Å². The van der Waals surface area contributed by atoms with Crippen LogP contribution in [0.4, 0.5) is 24.8 Å². The molecule has 0 bridgehead atoms. The number of non-ortho nitro benzene ring substituents is 1. The molecular weight excluding hydrogens is 505 g/mol. The molecule has 1 heterocycles. The number of hydrazone groups is 1. The predicted octanol–water partition coefficient (Wildman–Crippen LogP) is 5.47. The van der Waals surface area contributed by atoms with Gasteiger partial charge in [-0.05, 0) is 30.3 Å². The molecule has 0 aliphatic rings. The predicted molar refractivity (Wildman–Crippen MR) is 131 cm³/mol. The van der Waals surface area contributed by atoms with Crippen LogP contribution in [0.1, 0.15) is 16.7 Å². The molecule has 4 rings (SSSR count). The molecule has 0 aliphatic heterocycles. The standard InChI is InChI=1S/C25H15F3N6O4/c26-25(27,28)17-6-9-19(10-7-17)38-21-11-8-18(34(36)37)12-16(21)14-30-33-24-31-22(15-4-2-1-3-5-15)20(13-29)23(35)32-24/h1-12,14H,(H2,31,32,33,35). The lowest BCUT2D eigenvalue weighted by atomic mass is 10.1. The minimum atomic E-state index is -4.52. The zero-order valence-corrected chi connectivity index (χ0v) is 19.1. The zero-order valence-electron chi connectivity index (χ0n) is 19.1. The second-order valence-electron chi connectivity index (χ2n) is 7.59. The Labute approximate surface area is 211 Å². The number of nitrogens with one attached hydrogen (secondary N) is 2. The topological polar surface area (TPSA) is 146 Å². The lowest BCUT2D eigenvalue weighted by Gasteiger charge is -2.11. The number of ether oxygens (including phenoxy) is 1. The van der Waals surface area contributed by atoms with Gasteiger partial charge in [-0.15, -0.1) is 0 Å². The van der Waals surface area contributed by atoms with Crippen LogP contribution in [0.25, 0.3) is 11.3 Å². The van der Waals surface area contributed by atoms with Crippen LogP contribution in [0.5, 0.6) is 11.5 Å². The Kier molecular flexibility index (Phi) is 7.15. The smallest absolute Gasteiger partial charge is 0.416 e. The summed E-state index contributed by atoms with van der Waals surface area (Å²) in [6.07, 6.45) is -3.37. The van der Waals surface area contributed by atoms with E-state index in [9.17, 15) is 33.3 Å². The van der Waals surface area contributed by atoms with Gasteiger partial charge in [0, 0.05) is 23.3 Å². The number of alkyl halides is 3. The monoisotopic (exact) mass is 520 g/mol. The molecule has 3 aromatic carbocycles. The summed E-state index contributed by atoms with van der Waals surface area (Å²) < 4.78 is 44.1. The number of aromatic amines is 1. The first-order valence-corrected chi connectivity index (χ1v) is 10.7. The normalized spacial score (nSPS) is 11.2. The Balaban J connectivity index is 1.63. The number of anilines is 1. The van der Waals surface area contributed by atoms with Crippen molar-refractivity contribution >= 4 is 17.9 Å². The molecule has 38 heavy (non-hydrogen) atoms. The molecule has 13 heteroatoms. The highest BCUT2D eigenvalue weighted by atomic mass is 19.4. The number of H-pyrrole nitrogens is 1. The van der Waals surface area contributed by atoms with Gasteiger partial charge < -0.3 is 4.74 Å². The molecule has 0 saturated heterocycles. The fraction of sp³-hybridized carbons (Fsp3) is 0.0400. The fourth-order valence-corrected chi connectivity index (χ4v) is 3.28. The first-order valence-electron chi connectivity index (χ1n) is 10.7. The average molecular weight is 520 g/mol. The number of halogens is 3. The molecule has 0 spiro atoms. The van der Waals surface area contributed by atoms with Gasteiger partial charge in [0.2, 0.25) is 5.95 Å². The summed E-state index contributed by atoms with van der Waals surface area (Å²) in [5, 5.41) is 24.6. The number of rotatable bonds is 7. The van der Waals surface area contributed by atoms with Crippen molar-refractivity contribution in [3.63, 3.8) is 0 Å². The lowest BCUT2D eigenvalue weighted by Crippen LogP contribution is -2.16. The highest BCUT2D eigenvalue weighted by molar-refractivity contribution is 5.85. The molecule has 0 aliphatic carbocycles. The van der Waals surface area contributed by atoms with Crippen molar-refractivity contribution in [2.75, 3.05) is 5.43 Å². The molecule has 0 atom stereocenters. The van der Waals surface area contributed by atoms with Crippen molar-refractivity contribution in [3.8, 4) is 28.8 Å². The average Bonchev–Trinajstić information content (AvgIpc) is 2.89. The highest BCUT2D eigenvalue weighted by Gasteiger charge is 2.30. The summed E-state index contributed by atoms with van der Waals surface area (Å²) in [7, 11) is 0. The third-order valence-corrected chi connectivity index (χ3v) is 5.07. The summed E-state index contributed by atoms with van der Waals surface area (Å²) in [6, 6.07) is 17.8. The number of hydrogen-bond donors (Lipinski definition) is 2. The molecule has 0 saturated carbocycles. The Morgan fingerprint density at radius 1 is 1.11 bits per heavy atom. The molecule has 190 valence electrons. The van der Waals surface area contributed by atoms with E-state index in [1.807, 2.05) is 6.07 Å². The zero-order chi connectivity index (χ0) is 27.3. The molecule has 0 fully saturated rings. The van der Waals surface area contributed by atoms with Crippen LogP contribution in [-0.4, -0.2) is 21.1 Å². The third-order valence-electron chi connectivity index (χ3n) is 5.07. The lowest BCUT2D eigenvalue weighted by molar-refractivity contribution is -0.384. The Hall–Kier alpha value is -5.51. The van der Waals surface area contributed by atoms with Gasteiger partial charge in [0.25, 0.3) is 11.2 Å². The molecular formula is C25H15F3N6O4. The Bertz CT molecular complexity index is 1610. The van der Waals surface area contributed by atoms with Crippen LogP contribution in [0.3, 0.4) is 0 Å². The first kappa shape index (κ1) is 25.6. The second-order valence-corrected chi connectivity index (χ2v) is 7.59. The number of benzene rings is 3. The Morgan fingerprint density at radius 2 is 1.82 bits per heavy atom. The van der Waals surface area contributed by atoms with E-state index in [-0.39, 0.29) is 40.0 Å². The molecule has 1 aromatic heterocycles. The van der Waals surface area contributed by atoms with E-state index in [1.54, 1.807) is 30.3 Å². The SMILES string of the molecule is N#Cc1c(-c2ccccc2)nc(NN=Cc2cc([N+](=O)[O-])ccc2Oc2ccc(C(F)(F)F)cc2)[nH]c1=O. The van der Waals surface area contributed by atoms with Crippen LogP contribution in [0.15, 0.2) is 82.7 Å². The van der Waals surface area contributed by atoms with Gasteiger partial charge in [-0.25, -0.2) is 10.4 Å². The van der Waals surface area contributed by atoms with Crippen LogP contribution in [0.2, 0.25) is 0 Å². The van der Waals surface area contributed by atoms with Crippen LogP contribution in [-0.2, 0) is 6.18 Å². The maximum Gasteiger partial charge on any atom is 0.416 e. The maximum atomic E-state index is 12.8. The summed E-state index contributed by atoms with van der Waals surface area (Å²) in [4.78, 5) is 29.6. The number of nitrogens with zero attached hydrogens (tertiary/aromatic N) is 4. The van der Waals surface area contributed by atoms with Crippen molar-refractivity contribution in [2.45, 2.75) is 6.18 Å². The number of nitriles is 1. The summed E-state index contributed by atoms with van der Waals surface area (Å²) >= 11 is 0. The fourth-order valence-electron chi connectivity index (χ4n) is 3.28. The van der Waals surface area contributed by atoms with Crippen molar-refractivity contribution in [1.29, 1.82) is 5.26 Å². The third kappa shape index (κ3) is 5.82. The van der Waals surface area contributed by atoms with Gasteiger partial charge in [-0.2, -0.15) is 23.5 Å². The summed E-state index contributed by atoms with van der Waals surface area (Å²) in [5.41, 5.74) is 1.19. The Morgan fingerprint density at radius 3 is 2.45 bits per heavy atom. The van der Waals surface area contributed by atoms with Gasteiger partial charge in [0.15, 0.2) is 0 Å². The van der Waals surface area contributed by atoms with Crippen molar-refractivity contribution in [3.05, 3.63) is 110 Å². The van der Waals surface area contributed by atoms with Gasteiger partial charge in [0.05, 0.1) is 22.4 Å². The van der Waals surface area contributed by atoms with E-state index in [0.29, 0.717) is 5.56 Å². The minimum absolute atomic E-state index is 0.0556. The molecule has 0 amide bonds. The minimum Gasteiger partial charge on any atom is -0.457 e. The largest absolute Gasteiger partial charge is 0.457 e. The van der Waals surface area contributed by atoms with E-state index < -0.39 is 22.2 Å². The second kappa shape index (κ2) is 10.6. The quantitative estimate of drug-likeness (QED) is 0.186. The molecule has 10 nitrogen and oxygen atoms in total. The van der Waals surface area contributed by atoms with E-state index in [1.165, 1.54) is 6.07 Å². The van der Waals surface area contributed by atoms with Gasteiger partial charge >= 0.3 is 6.18 Å². The number of nitro benzene ring substituents is 1. The van der Waals surface area contributed by atoms with Crippen molar-refractivity contribution in [1.82, 2.24) is 9.97 Å². The summed E-state index contributed by atoms with van der Waals surface area (Å²) in [6.45, 7) is 0. The molecule has 0 unspecified atom stereocenters. The first-order chi connectivity index (χ1) is 18.2. The molecule has 4 aromatic rings. The number of aromatic nitrogens is 2. The number of nitro groups is 1. The van der Waals surface area contributed by atoms with Gasteiger partial charge in [-0.3, -0.25) is 19.9 Å².